The van der Waals surface area contributed by atoms with Gasteiger partial charge in [-0.3, -0.25) is 4.79 Å². The monoisotopic (exact) mass is 333 g/mol. The molecule has 0 spiro atoms. The summed E-state index contributed by atoms with van der Waals surface area (Å²) in [7, 11) is 1.72. The lowest BCUT2D eigenvalue weighted by molar-refractivity contribution is 0.0783. The molecule has 0 saturated heterocycles. The van der Waals surface area contributed by atoms with Gasteiger partial charge >= 0.3 is 0 Å². The van der Waals surface area contributed by atoms with Crippen LogP contribution in [-0.2, 0) is 6.54 Å². The number of hydrogen-bond acceptors (Lipinski definition) is 4. The minimum atomic E-state index is -0.301. The number of rotatable bonds is 7. The third-order valence-electron chi connectivity index (χ3n) is 3.99. The normalized spacial score (nSPS) is 12.4. The van der Waals surface area contributed by atoms with Crippen LogP contribution in [0.3, 0.4) is 0 Å². The number of carbonyl (C=O) groups excluding carboxylic acids is 1. The molecule has 0 aliphatic carbocycles. The molecule has 0 aliphatic heterocycles. The van der Waals surface area contributed by atoms with Gasteiger partial charge in [0.25, 0.3) is 5.91 Å². The van der Waals surface area contributed by atoms with Gasteiger partial charge in [-0.05, 0) is 30.0 Å². The first-order valence-corrected chi connectivity index (χ1v) is 8.02. The van der Waals surface area contributed by atoms with Crippen molar-refractivity contribution in [1.82, 2.24) is 19.9 Å². The Labute approximate surface area is 141 Å². The minimum Gasteiger partial charge on any atom is -0.340 e. The van der Waals surface area contributed by atoms with Gasteiger partial charge in [-0.1, -0.05) is 31.2 Å². The van der Waals surface area contributed by atoms with Crippen molar-refractivity contribution in [2.75, 3.05) is 13.6 Å². The summed E-state index contributed by atoms with van der Waals surface area (Å²) in [5, 5.41) is 7.85. The molecular formula is C17H24FN5O. The number of carbonyl (C=O) groups is 1. The first-order chi connectivity index (χ1) is 11.4. The van der Waals surface area contributed by atoms with Crippen LogP contribution in [-0.4, -0.2) is 45.4 Å². The molecule has 2 rings (SSSR count). The zero-order valence-corrected chi connectivity index (χ0v) is 14.3. The van der Waals surface area contributed by atoms with Crippen LogP contribution in [0.15, 0.2) is 30.5 Å². The predicted molar refractivity (Wildman–Crippen MR) is 89.9 cm³/mol. The van der Waals surface area contributed by atoms with Gasteiger partial charge in [-0.2, -0.15) is 0 Å². The first kappa shape index (κ1) is 18.1. The Balaban J connectivity index is 1.95. The molecule has 0 aliphatic rings. The average molecular weight is 333 g/mol. The molecule has 1 aromatic heterocycles. The van der Waals surface area contributed by atoms with Gasteiger partial charge < -0.3 is 10.6 Å². The van der Waals surface area contributed by atoms with Gasteiger partial charge in [0.05, 0.1) is 12.7 Å². The van der Waals surface area contributed by atoms with Crippen molar-refractivity contribution in [3.05, 3.63) is 47.5 Å². The topological polar surface area (TPSA) is 77.0 Å². The molecule has 0 fully saturated rings. The van der Waals surface area contributed by atoms with Crippen LogP contribution in [0, 0.1) is 11.7 Å². The highest BCUT2D eigenvalue weighted by Crippen LogP contribution is 2.08. The second kappa shape index (κ2) is 8.01. The third-order valence-corrected chi connectivity index (χ3v) is 3.99. The summed E-state index contributed by atoms with van der Waals surface area (Å²) >= 11 is 0. The molecule has 24 heavy (non-hydrogen) atoms. The number of halogens is 1. The maximum absolute atomic E-state index is 13.2. The second-order valence-electron chi connectivity index (χ2n) is 6.35. The molecule has 7 heteroatoms. The summed E-state index contributed by atoms with van der Waals surface area (Å²) in [6.45, 7) is 5.05. The highest BCUT2D eigenvalue weighted by Gasteiger charge is 2.17. The van der Waals surface area contributed by atoms with E-state index in [9.17, 15) is 9.18 Å². The Bertz CT molecular complexity index is 685. The van der Waals surface area contributed by atoms with E-state index >= 15 is 0 Å². The van der Waals surface area contributed by atoms with Gasteiger partial charge in [0.2, 0.25) is 0 Å². The Morgan fingerprint density at radius 3 is 2.83 bits per heavy atom. The fourth-order valence-corrected chi connectivity index (χ4v) is 2.27. The smallest absolute Gasteiger partial charge is 0.275 e. The van der Waals surface area contributed by atoms with E-state index in [1.165, 1.54) is 16.8 Å². The van der Waals surface area contributed by atoms with Crippen LogP contribution in [0.25, 0.3) is 0 Å². The van der Waals surface area contributed by atoms with Gasteiger partial charge in [-0.15, -0.1) is 5.10 Å². The molecule has 0 saturated carbocycles. The van der Waals surface area contributed by atoms with Crippen molar-refractivity contribution in [3.63, 3.8) is 0 Å². The maximum Gasteiger partial charge on any atom is 0.275 e. The van der Waals surface area contributed by atoms with Gasteiger partial charge in [0, 0.05) is 19.6 Å². The number of nitrogens with zero attached hydrogens (tertiary/aromatic N) is 4. The predicted octanol–water partition coefficient (Wildman–Crippen LogP) is 1.91. The second-order valence-corrected chi connectivity index (χ2v) is 6.35. The SMILES string of the molecule is CC(C)C(N)CCN(C)C(=O)c1cn(Cc2cccc(F)c2)nn1. The molecule has 0 radical (unpaired) electrons. The van der Waals surface area contributed by atoms with Crippen molar-refractivity contribution in [2.45, 2.75) is 32.9 Å². The lowest BCUT2D eigenvalue weighted by Gasteiger charge is -2.20. The van der Waals surface area contributed by atoms with Crippen molar-refractivity contribution in [1.29, 1.82) is 0 Å². The van der Waals surface area contributed by atoms with Crippen LogP contribution >= 0.6 is 0 Å². The van der Waals surface area contributed by atoms with Crippen molar-refractivity contribution in [2.24, 2.45) is 11.7 Å². The summed E-state index contributed by atoms with van der Waals surface area (Å²) in [5.41, 5.74) is 7.03. The minimum absolute atomic E-state index is 0.0592. The standard InChI is InChI=1S/C17H24FN5O/c1-12(2)15(19)7-8-22(3)17(24)16-11-23(21-20-16)10-13-5-4-6-14(18)9-13/h4-6,9,11-12,15H,7-8,10,19H2,1-3H3. The summed E-state index contributed by atoms with van der Waals surface area (Å²) in [6, 6.07) is 6.31. The molecule has 1 amide bonds. The van der Waals surface area contributed by atoms with Crippen molar-refractivity contribution < 1.29 is 9.18 Å². The van der Waals surface area contributed by atoms with E-state index in [-0.39, 0.29) is 23.5 Å². The van der Waals surface area contributed by atoms with E-state index < -0.39 is 0 Å². The molecule has 0 bridgehead atoms. The Morgan fingerprint density at radius 2 is 2.17 bits per heavy atom. The summed E-state index contributed by atoms with van der Waals surface area (Å²) in [5.74, 6) is -0.123. The number of amides is 1. The van der Waals surface area contributed by atoms with Gasteiger partial charge in [0.15, 0.2) is 5.69 Å². The van der Waals surface area contributed by atoms with E-state index in [0.29, 0.717) is 19.0 Å². The number of benzene rings is 1. The number of aromatic nitrogens is 3. The molecule has 2 aromatic rings. The van der Waals surface area contributed by atoms with Crippen LogP contribution < -0.4 is 5.73 Å². The first-order valence-electron chi connectivity index (χ1n) is 8.02. The van der Waals surface area contributed by atoms with Crippen LogP contribution in [0.4, 0.5) is 4.39 Å². The molecular weight excluding hydrogens is 309 g/mol. The molecule has 130 valence electrons. The average Bonchev–Trinajstić information content (AvgIpc) is 2.99. The van der Waals surface area contributed by atoms with Crippen molar-refractivity contribution >= 4 is 5.91 Å². The number of hydrogen-bond donors (Lipinski definition) is 1. The Hall–Kier alpha value is -2.28. The summed E-state index contributed by atoms with van der Waals surface area (Å²) in [4.78, 5) is 14.0. The maximum atomic E-state index is 13.2. The molecule has 1 atom stereocenters. The van der Waals surface area contributed by atoms with Crippen LogP contribution in [0.5, 0.6) is 0 Å². The summed E-state index contributed by atoms with van der Waals surface area (Å²) < 4.78 is 14.7. The third kappa shape index (κ3) is 4.86. The van der Waals surface area contributed by atoms with E-state index in [2.05, 4.69) is 24.2 Å². The fraction of sp³-hybridized carbons (Fsp3) is 0.471. The molecule has 1 aromatic carbocycles. The largest absolute Gasteiger partial charge is 0.340 e. The lowest BCUT2D eigenvalue weighted by Crippen LogP contribution is -2.34. The Morgan fingerprint density at radius 1 is 1.42 bits per heavy atom. The van der Waals surface area contributed by atoms with E-state index in [4.69, 9.17) is 5.73 Å². The zero-order valence-electron chi connectivity index (χ0n) is 14.3. The van der Waals surface area contributed by atoms with Crippen LogP contribution in [0.1, 0.15) is 36.3 Å². The van der Waals surface area contributed by atoms with E-state index in [0.717, 1.165) is 12.0 Å². The van der Waals surface area contributed by atoms with Crippen LogP contribution in [0.2, 0.25) is 0 Å². The number of nitrogens with two attached hydrogens (primary N) is 1. The highest BCUT2D eigenvalue weighted by atomic mass is 19.1. The quantitative estimate of drug-likeness (QED) is 0.840. The lowest BCUT2D eigenvalue weighted by atomic mass is 10.0. The highest BCUT2D eigenvalue weighted by molar-refractivity contribution is 5.91. The van der Waals surface area contributed by atoms with Crippen molar-refractivity contribution in [3.8, 4) is 0 Å². The Kier molecular flexibility index (Phi) is 6.03. The molecule has 1 unspecified atom stereocenters. The zero-order chi connectivity index (χ0) is 17.7. The van der Waals surface area contributed by atoms with E-state index in [1.54, 1.807) is 30.3 Å². The van der Waals surface area contributed by atoms with Gasteiger partial charge in [0.1, 0.15) is 5.82 Å². The molecule has 2 N–H and O–H groups in total. The van der Waals surface area contributed by atoms with Gasteiger partial charge in [-0.25, -0.2) is 9.07 Å². The molecule has 6 nitrogen and oxygen atoms in total. The fourth-order valence-electron chi connectivity index (χ4n) is 2.27. The summed E-state index contributed by atoms with van der Waals surface area (Å²) in [6.07, 6.45) is 2.31. The van der Waals surface area contributed by atoms with E-state index in [1.807, 2.05) is 0 Å². The molecule has 1 heterocycles.